The van der Waals surface area contributed by atoms with Gasteiger partial charge in [-0.3, -0.25) is 4.68 Å². The van der Waals surface area contributed by atoms with Crippen LogP contribution in [0.25, 0.3) is 11.4 Å². The Labute approximate surface area is 107 Å². The van der Waals surface area contributed by atoms with E-state index < -0.39 is 0 Å². The van der Waals surface area contributed by atoms with Gasteiger partial charge in [-0.25, -0.2) is 9.97 Å². The Kier molecular flexibility index (Phi) is 3.32. The van der Waals surface area contributed by atoms with Crippen molar-refractivity contribution in [2.24, 2.45) is 13.0 Å². The van der Waals surface area contributed by atoms with E-state index in [1.54, 1.807) is 4.68 Å². The van der Waals surface area contributed by atoms with Gasteiger partial charge in [-0.1, -0.05) is 13.8 Å². The smallest absolute Gasteiger partial charge is 0.165 e. The molecule has 0 atom stereocenters. The molecule has 0 unspecified atom stereocenters. The largest absolute Gasteiger partial charge is 0.384 e. The standard InChI is InChI=1S/C13H19N5/c1-8(2)5-10-6-12(14)16-13(15-10)11-7-18(4)17-9(11)3/h6-8H,5H2,1-4H3,(H2,14,15,16). The van der Waals surface area contributed by atoms with Crippen LogP contribution in [0.2, 0.25) is 0 Å². The third kappa shape index (κ3) is 2.67. The number of hydrogen-bond acceptors (Lipinski definition) is 4. The minimum atomic E-state index is 0.513. The lowest BCUT2D eigenvalue weighted by atomic mass is 10.1. The van der Waals surface area contributed by atoms with Crippen LogP contribution in [-0.4, -0.2) is 19.7 Å². The average Bonchev–Trinajstić information content (AvgIpc) is 2.55. The minimum absolute atomic E-state index is 0.513. The first-order valence-electron chi connectivity index (χ1n) is 6.09. The van der Waals surface area contributed by atoms with E-state index in [4.69, 9.17) is 5.73 Å². The van der Waals surface area contributed by atoms with Crippen molar-refractivity contribution in [3.63, 3.8) is 0 Å². The van der Waals surface area contributed by atoms with Crippen molar-refractivity contribution in [2.75, 3.05) is 5.73 Å². The first-order valence-corrected chi connectivity index (χ1v) is 6.09. The first kappa shape index (κ1) is 12.5. The number of aromatic nitrogens is 4. The molecule has 5 heteroatoms. The number of aryl methyl sites for hydroxylation is 2. The van der Waals surface area contributed by atoms with Crippen LogP contribution >= 0.6 is 0 Å². The van der Waals surface area contributed by atoms with Crippen molar-refractivity contribution in [2.45, 2.75) is 27.2 Å². The second-order valence-corrected chi connectivity index (χ2v) is 5.01. The summed E-state index contributed by atoms with van der Waals surface area (Å²) in [5, 5.41) is 4.30. The minimum Gasteiger partial charge on any atom is -0.384 e. The SMILES string of the molecule is Cc1nn(C)cc1-c1nc(N)cc(CC(C)C)n1. The van der Waals surface area contributed by atoms with Gasteiger partial charge in [0, 0.05) is 25.0 Å². The number of rotatable bonds is 3. The summed E-state index contributed by atoms with van der Waals surface area (Å²) in [5.41, 5.74) is 8.69. The summed E-state index contributed by atoms with van der Waals surface area (Å²) in [5.74, 6) is 1.72. The number of anilines is 1. The molecule has 96 valence electrons. The van der Waals surface area contributed by atoms with Crippen molar-refractivity contribution in [3.05, 3.63) is 23.7 Å². The first-order chi connectivity index (χ1) is 8.45. The zero-order chi connectivity index (χ0) is 13.3. The fraction of sp³-hybridized carbons (Fsp3) is 0.462. The lowest BCUT2D eigenvalue weighted by Gasteiger charge is -2.07. The van der Waals surface area contributed by atoms with E-state index in [0.717, 1.165) is 23.4 Å². The van der Waals surface area contributed by atoms with Gasteiger partial charge < -0.3 is 5.73 Å². The van der Waals surface area contributed by atoms with Crippen molar-refractivity contribution in [1.82, 2.24) is 19.7 Å². The van der Waals surface area contributed by atoms with Crippen molar-refractivity contribution < 1.29 is 0 Å². The topological polar surface area (TPSA) is 69.6 Å². The normalized spacial score (nSPS) is 11.2. The van der Waals surface area contributed by atoms with Gasteiger partial charge >= 0.3 is 0 Å². The van der Waals surface area contributed by atoms with E-state index in [1.807, 2.05) is 26.2 Å². The van der Waals surface area contributed by atoms with Crippen molar-refractivity contribution >= 4 is 5.82 Å². The summed E-state index contributed by atoms with van der Waals surface area (Å²) in [7, 11) is 1.89. The van der Waals surface area contributed by atoms with Gasteiger partial charge in [0.05, 0.1) is 11.3 Å². The molecule has 2 heterocycles. The highest BCUT2D eigenvalue weighted by molar-refractivity contribution is 5.58. The van der Waals surface area contributed by atoms with E-state index in [-0.39, 0.29) is 0 Å². The Hall–Kier alpha value is -1.91. The fourth-order valence-corrected chi connectivity index (χ4v) is 1.98. The van der Waals surface area contributed by atoms with Gasteiger partial charge in [0.25, 0.3) is 0 Å². The number of nitrogens with zero attached hydrogens (tertiary/aromatic N) is 4. The van der Waals surface area contributed by atoms with Gasteiger partial charge in [0.15, 0.2) is 5.82 Å². The summed E-state index contributed by atoms with van der Waals surface area (Å²) in [6.45, 7) is 6.27. The van der Waals surface area contributed by atoms with E-state index >= 15 is 0 Å². The molecule has 0 saturated carbocycles. The highest BCUT2D eigenvalue weighted by Gasteiger charge is 2.11. The molecule has 2 rings (SSSR count). The molecular formula is C13H19N5. The van der Waals surface area contributed by atoms with Crippen molar-refractivity contribution in [3.8, 4) is 11.4 Å². The maximum Gasteiger partial charge on any atom is 0.165 e. The maximum absolute atomic E-state index is 5.85. The highest BCUT2D eigenvalue weighted by Crippen LogP contribution is 2.20. The van der Waals surface area contributed by atoms with Crippen LogP contribution in [0.4, 0.5) is 5.82 Å². The lowest BCUT2D eigenvalue weighted by molar-refractivity contribution is 0.635. The summed E-state index contributed by atoms with van der Waals surface area (Å²) in [6, 6.07) is 1.84. The van der Waals surface area contributed by atoms with E-state index in [1.165, 1.54) is 0 Å². The van der Waals surface area contributed by atoms with E-state index in [0.29, 0.717) is 17.6 Å². The zero-order valence-corrected chi connectivity index (χ0v) is 11.3. The molecule has 2 N–H and O–H groups in total. The molecule has 18 heavy (non-hydrogen) atoms. The predicted octanol–water partition coefficient (Wildman–Crippen LogP) is 1.97. The Morgan fingerprint density at radius 2 is 2.06 bits per heavy atom. The van der Waals surface area contributed by atoms with Gasteiger partial charge in [-0.15, -0.1) is 0 Å². The molecule has 2 aromatic heterocycles. The number of nitrogen functional groups attached to an aromatic ring is 1. The molecule has 2 aromatic rings. The Morgan fingerprint density at radius 1 is 1.33 bits per heavy atom. The number of hydrogen-bond donors (Lipinski definition) is 1. The molecule has 0 fully saturated rings. The van der Waals surface area contributed by atoms with Gasteiger partial charge in [-0.05, 0) is 19.3 Å². The highest BCUT2D eigenvalue weighted by atomic mass is 15.3. The van der Waals surface area contributed by atoms with Crippen LogP contribution < -0.4 is 5.73 Å². The molecule has 0 amide bonds. The van der Waals surface area contributed by atoms with Crippen molar-refractivity contribution in [1.29, 1.82) is 0 Å². The summed E-state index contributed by atoms with van der Waals surface area (Å²) < 4.78 is 1.76. The molecular weight excluding hydrogens is 226 g/mol. The molecule has 0 saturated heterocycles. The van der Waals surface area contributed by atoms with Crippen LogP contribution in [0.15, 0.2) is 12.3 Å². The summed E-state index contributed by atoms with van der Waals surface area (Å²) in [4.78, 5) is 8.87. The second-order valence-electron chi connectivity index (χ2n) is 5.01. The average molecular weight is 245 g/mol. The third-order valence-electron chi connectivity index (χ3n) is 2.67. The lowest BCUT2D eigenvalue weighted by Crippen LogP contribution is -2.03. The number of nitrogens with two attached hydrogens (primary N) is 1. The predicted molar refractivity (Wildman–Crippen MR) is 71.9 cm³/mol. The molecule has 0 aliphatic heterocycles. The Bertz CT molecular complexity index is 557. The molecule has 0 aliphatic carbocycles. The van der Waals surface area contributed by atoms with Crippen LogP contribution in [0, 0.1) is 12.8 Å². The fourth-order valence-electron chi connectivity index (χ4n) is 1.98. The Morgan fingerprint density at radius 3 is 2.61 bits per heavy atom. The van der Waals surface area contributed by atoms with Crippen LogP contribution in [0.3, 0.4) is 0 Å². The van der Waals surface area contributed by atoms with E-state index in [9.17, 15) is 0 Å². The zero-order valence-electron chi connectivity index (χ0n) is 11.3. The molecule has 0 radical (unpaired) electrons. The van der Waals surface area contributed by atoms with Gasteiger partial charge in [0.2, 0.25) is 0 Å². The monoisotopic (exact) mass is 245 g/mol. The quantitative estimate of drug-likeness (QED) is 0.897. The van der Waals surface area contributed by atoms with Crippen LogP contribution in [-0.2, 0) is 13.5 Å². The molecule has 0 aromatic carbocycles. The van der Waals surface area contributed by atoms with Crippen LogP contribution in [0.5, 0.6) is 0 Å². The summed E-state index contributed by atoms with van der Waals surface area (Å²) >= 11 is 0. The van der Waals surface area contributed by atoms with Crippen LogP contribution in [0.1, 0.15) is 25.2 Å². The molecule has 0 bridgehead atoms. The third-order valence-corrected chi connectivity index (χ3v) is 2.67. The van der Waals surface area contributed by atoms with Gasteiger partial charge in [0.1, 0.15) is 5.82 Å². The maximum atomic E-state index is 5.85. The molecule has 0 aliphatic rings. The summed E-state index contributed by atoms with van der Waals surface area (Å²) in [6.07, 6.45) is 2.82. The van der Waals surface area contributed by atoms with Gasteiger partial charge in [-0.2, -0.15) is 5.10 Å². The second kappa shape index (κ2) is 4.76. The molecule has 0 spiro atoms. The Balaban J connectivity index is 2.44. The molecule has 5 nitrogen and oxygen atoms in total. The van der Waals surface area contributed by atoms with E-state index in [2.05, 4.69) is 28.9 Å².